The van der Waals surface area contributed by atoms with E-state index in [1.807, 2.05) is 0 Å². The molecule has 0 aromatic rings. The molecule has 17 heavy (non-hydrogen) atoms. The maximum atomic E-state index is 3.90. The highest BCUT2D eigenvalue weighted by Crippen LogP contribution is 2.38. The predicted octanol–water partition coefficient (Wildman–Crippen LogP) is 2.64. The van der Waals surface area contributed by atoms with Crippen LogP contribution in [0.4, 0.5) is 0 Å². The molecule has 2 aliphatic heterocycles. The van der Waals surface area contributed by atoms with Crippen molar-refractivity contribution in [1.82, 2.24) is 10.2 Å². The Kier molecular flexibility index (Phi) is 3.45. The minimum Gasteiger partial charge on any atom is -0.312 e. The fourth-order valence-corrected chi connectivity index (χ4v) is 4.70. The lowest BCUT2D eigenvalue weighted by Gasteiger charge is -2.42. The van der Waals surface area contributed by atoms with Crippen molar-refractivity contribution < 1.29 is 0 Å². The first-order valence-electron chi connectivity index (χ1n) is 7.76. The van der Waals surface area contributed by atoms with E-state index in [4.69, 9.17) is 0 Å². The number of fused-ring (bicyclic) bond motifs is 2. The Hall–Kier alpha value is -0.0800. The van der Waals surface area contributed by atoms with E-state index in [-0.39, 0.29) is 0 Å². The Morgan fingerprint density at radius 1 is 1.06 bits per heavy atom. The fraction of sp³-hybridized carbons (Fsp3) is 1.00. The summed E-state index contributed by atoms with van der Waals surface area (Å²) < 4.78 is 0. The van der Waals surface area contributed by atoms with Gasteiger partial charge in [0, 0.05) is 24.7 Å². The Balaban J connectivity index is 1.85. The van der Waals surface area contributed by atoms with Crippen LogP contribution in [0.15, 0.2) is 0 Å². The Morgan fingerprint density at radius 2 is 1.88 bits per heavy atom. The second-order valence-corrected chi connectivity index (χ2v) is 6.73. The highest BCUT2D eigenvalue weighted by molar-refractivity contribution is 4.99. The van der Waals surface area contributed by atoms with E-state index in [0.29, 0.717) is 0 Å². The van der Waals surface area contributed by atoms with Gasteiger partial charge in [-0.2, -0.15) is 0 Å². The molecule has 2 saturated heterocycles. The van der Waals surface area contributed by atoms with E-state index in [9.17, 15) is 0 Å². The topological polar surface area (TPSA) is 15.3 Å². The van der Waals surface area contributed by atoms with Crippen molar-refractivity contribution in [3.05, 3.63) is 0 Å². The van der Waals surface area contributed by atoms with Gasteiger partial charge >= 0.3 is 0 Å². The van der Waals surface area contributed by atoms with Crippen LogP contribution in [0, 0.1) is 11.8 Å². The molecule has 3 rings (SSSR count). The van der Waals surface area contributed by atoms with Gasteiger partial charge in [0.05, 0.1) is 0 Å². The van der Waals surface area contributed by atoms with Crippen LogP contribution in [0.25, 0.3) is 0 Å². The maximum absolute atomic E-state index is 3.90. The number of hydrogen-bond donors (Lipinski definition) is 1. The third-order valence-corrected chi connectivity index (χ3v) is 5.36. The van der Waals surface area contributed by atoms with Gasteiger partial charge in [0.15, 0.2) is 0 Å². The van der Waals surface area contributed by atoms with Crippen LogP contribution >= 0.6 is 0 Å². The van der Waals surface area contributed by atoms with E-state index in [1.54, 1.807) is 0 Å². The molecule has 3 aliphatic rings. The summed E-state index contributed by atoms with van der Waals surface area (Å²) in [4.78, 5) is 2.87. The van der Waals surface area contributed by atoms with Crippen molar-refractivity contribution in [2.45, 2.75) is 70.5 Å². The van der Waals surface area contributed by atoms with Crippen LogP contribution in [-0.2, 0) is 0 Å². The quantitative estimate of drug-likeness (QED) is 0.753. The predicted molar refractivity (Wildman–Crippen MR) is 72.1 cm³/mol. The molecule has 0 radical (unpaired) electrons. The lowest BCUT2D eigenvalue weighted by Crippen LogP contribution is -2.49. The molecule has 4 atom stereocenters. The Labute approximate surface area is 106 Å². The second-order valence-electron chi connectivity index (χ2n) is 6.73. The molecule has 1 saturated carbocycles. The second kappa shape index (κ2) is 4.89. The number of rotatable bonds is 1. The largest absolute Gasteiger partial charge is 0.312 e. The van der Waals surface area contributed by atoms with Gasteiger partial charge in [-0.25, -0.2) is 0 Å². The molecular formula is C15H28N2. The monoisotopic (exact) mass is 236 g/mol. The van der Waals surface area contributed by atoms with Crippen molar-refractivity contribution in [2.24, 2.45) is 11.8 Å². The summed E-state index contributed by atoms with van der Waals surface area (Å²) >= 11 is 0. The first-order valence-corrected chi connectivity index (χ1v) is 7.76. The van der Waals surface area contributed by atoms with Crippen LogP contribution in [0.3, 0.4) is 0 Å². The molecule has 2 heterocycles. The molecule has 2 nitrogen and oxygen atoms in total. The standard InChI is InChI=1S/C15H28N2/c1-11(2)15-13-7-3-4-8-14(13)16-10-12-6-5-9-17(12)15/h11-16H,3-10H2,1-2H3/t12?,13-,14?,15+/m1/s1. The van der Waals surface area contributed by atoms with Gasteiger partial charge in [-0.05, 0) is 44.1 Å². The molecule has 0 aromatic heterocycles. The molecular weight excluding hydrogens is 208 g/mol. The summed E-state index contributed by atoms with van der Waals surface area (Å²) in [5.41, 5.74) is 0. The van der Waals surface area contributed by atoms with Crippen LogP contribution in [-0.4, -0.2) is 36.1 Å². The zero-order chi connectivity index (χ0) is 11.8. The van der Waals surface area contributed by atoms with Crippen molar-refractivity contribution in [3.8, 4) is 0 Å². The van der Waals surface area contributed by atoms with E-state index in [2.05, 4.69) is 24.1 Å². The van der Waals surface area contributed by atoms with Gasteiger partial charge in [-0.1, -0.05) is 26.7 Å². The minimum atomic E-state index is 0.820. The van der Waals surface area contributed by atoms with Crippen molar-refractivity contribution >= 4 is 0 Å². The summed E-state index contributed by atoms with van der Waals surface area (Å²) in [5.74, 6) is 1.74. The van der Waals surface area contributed by atoms with E-state index < -0.39 is 0 Å². The highest BCUT2D eigenvalue weighted by Gasteiger charge is 2.43. The molecule has 0 aromatic carbocycles. The van der Waals surface area contributed by atoms with E-state index in [1.165, 1.54) is 51.6 Å². The van der Waals surface area contributed by atoms with Gasteiger partial charge in [0.2, 0.25) is 0 Å². The summed E-state index contributed by atoms with van der Waals surface area (Å²) in [6.07, 6.45) is 8.65. The summed E-state index contributed by atoms with van der Waals surface area (Å²) in [7, 11) is 0. The first kappa shape index (κ1) is 12.0. The molecule has 0 bridgehead atoms. The number of nitrogens with zero attached hydrogens (tertiary/aromatic N) is 1. The molecule has 2 heteroatoms. The summed E-state index contributed by atoms with van der Waals surface area (Å²) in [6, 6.07) is 2.51. The third kappa shape index (κ3) is 2.15. The fourth-order valence-electron chi connectivity index (χ4n) is 4.70. The minimum absolute atomic E-state index is 0.820. The Bertz CT molecular complexity index is 264. The average Bonchev–Trinajstić information content (AvgIpc) is 2.70. The van der Waals surface area contributed by atoms with E-state index >= 15 is 0 Å². The van der Waals surface area contributed by atoms with Gasteiger partial charge in [-0.15, -0.1) is 0 Å². The lowest BCUT2D eigenvalue weighted by molar-refractivity contribution is 0.0823. The van der Waals surface area contributed by atoms with Gasteiger partial charge in [0.25, 0.3) is 0 Å². The first-order chi connectivity index (χ1) is 8.27. The van der Waals surface area contributed by atoms with Gasteiger partial charge < -0.3 is 5.32 Å². The van der Waals surface area contributed by atoms with Crippen LogP contribution in [0.2, 0.25) is 0 Å². The smallest absolute Gasteiger partial charge is 0.0224 e. The summed E-state index contributed by atoms with van der Waals surface area (Å²) in [6.45, 7) is 7.50. The third-order valence-electron chi connectivity index (χ3n) is 5.36. The normalized spacial score (nSPS) is 43.2. The molecule has 1 N–H and O–H groups in total. The van der Waals surface area contributed by atoms with Crippen LogP contribution < -0.4 is 5.32 Å². The Morgan fingerprint density at radius 3 is 2.71 bits per heavy atom. The van der Waals surface area contributed by atoms with Crippen LogP contribution in [0.5, 0.6) is 0 Å². The maximum Gasteiger partial charge on any atom is 0.0224 e. The zero-order valence-electron chi connectivity index (χ0n) is 11.5. The van der Waals surface area contributed by atoms with Crippen molar-refractivity contribution in [2.75, 3.05) is 13.1 Å². The van der Waals surface area contributed by atoms with Crippen molar-refractivity contribution in [1.29, 1.82) is 0 Å². The number of nitrogens with one attached hydrogen (secondary N) is 1. The zero-order valence-corrected chi connectivity index (χ0v) is 11.5. The molecule has 3 fully saturated rings. The molecule has 1 aliphatic carbocycles. The van der Waals surface area contributed by atoms with Crippen LogP contribution in [0.1, 0.15) is 52.4 Å². The van der Waals surface area contributed by atoms with Crippen molar-refractivity contribution in [3.63, 3.8) is 0 Å². The molecule has 2 unspecified atom stereocenters. The summed E-state index contributed by atoms with van der Waals surface area (Å²) in [5, 5.41) is 3.90. The van der Waals surface area contributed by atoms with E-state index in [0.717, 1.165) is 30.0 Å². The van der Waals surface area contributed by atoms with Gasteiger partial charge in [0.1, 0.15) is 0 Å². The highest BCUT2D eigenvalue weighted by atomic mass is 15.2. The number of hydrogen-bond acceptors (Lipinski definition) is 2. The van der Waals surface area contributed by atoms with Gasteiger partial charge in [-0.3, -0.25) is 4.90 Å². The molecule has 98 valence electrons. The molecule has 0 amide bonds. The lowest BCUT2D eigenvalue weighted by atomic mass is 9.76. The SMILES string of the molecule is CC(C)[C@H]1[C@@H]2CCCCC2NCC2CCCN21. The average molecular weight is 236 g/mol. The molecule has 0 spiro atoms.